The fourth-order valence-corrected chi connectivity index (χ4v) is 1.88. The molecule has 0 unspecified atom stereocenters. The van der Waals surface area contributed by atoms with E-state index in [9.17, 15) is 4.79 Å². The molecule has 0 saturated carbocycles. The fraction of sp³-hybridized carbons (Fsp3) is 0.300. The van der Waals surface area contributed by atoms with Crippen molar-refractivity contribution in [3.8, 4) is 0 Å². The minimum absolute atomic E-state index is 0.0434. The number of aryl methyl sites for hydroxylation is 1. The molecule has 0 aliphatic carbocycles. The van der Waals surface area contributed by atoms with Crippen LogP contribution in [-0.4, -0.2) is 12.5 Å². The van der Waals surface area contributed by atoms with Crippen LogP contribution in [0.25, 0.3) is 0 Å². The molecule has 1 N–H and O–H groups in total. The fourth-order valence-electron chi connectivity index (χ4n) is 1.60. The number of hydrogen-bond donors (Lipinski definition) is 1. The van der Waals surface area contributed by atoms with E-state index in [1.807, 2.05) is 12.1 Å². The first-order chi connectivity index (χ1) is 6.29. The third kappa shape index (κ3) is 1.54. The van der Waals surface area contributed by atoms with E-state index in [-0.39, 0.29) is 5.91 Å². The number of carbonyl (C=O) groups is 1. The van der Waals surface area contributed by atoms with Crippen LogP contribution in [-0.2, 0) is 6.42 Å². The van der Waals surface area contributed by atoms with Crippen molar-refractivity contribution < 1.29 is 4.79 Å². The number of hydrogen-bond acceptors (Lipinski definition) is 1. The first-order valence-electron chi connectivity index (χ1n) is 4.34. The van der Waals surface area contributed by atoms with Gasteiger partial charge in [0.2, 0.25) is 0 Å². The van der Waals surface area contributed by atoms with Gasteiger partial charge < -0.3 is 5.32 Å². The van der Waals surface area contributed by atoms with Gasteiger partial charge in [-0.2, -0.15) is 0 Å². The monoisotopic (exact) mass is 195 g/mol. The van der Waals surface area contributed by atoms with E-state index in [4.69, 9.17) is 11.6 Å². The first kappa shape index (κ1) is 8.57. The molecule has 0 radical (unpaired) electrons. The summed E-state index contributed by atoms with van der Waals surface area (Å²) < 4.78 is 0. The summed E-state index contributed by atoms with van der Waals surface area (Å²) in [5, 5.41) is 3.37. The van der Waals surface area contributed by atoms with E-state index in [1.54, 1.807) is 6.07 Å². The Morgan fingerprint density at radius 1 is 1.38 bits per heavy atom. The molecule has 3 heteroatoms. The van der Waals surface area contributed by atoms with Gasteiger partial charge in [-0.15, -0.1) is 0 Å². The van der Waals surface area contributed by atoms with Crippen molar-refractivity contribution in [3.05, 3.63) is 34.3 Å². The van der Waals surface area contributed by atoms with Crippen molar-refractivity contribution in [2.24, 2.45) is 0 Å². The number of halogens is 1. The Morgan fingerprint density at radius 3 is 3.08 bits per heavy atom. The molecular formula is C10H10ClNO. The van der Waals surface area contributed by atoms with Crippen LogP contribution in [0.4, 0.5) is 0 Å². The molecule has 1 aliphatic rings. The molecule has 0 saturated heterocycles. The number of rotatable bonds is 0. The molecule has 0 fully saturated rings. The molecule has 1 heterocycles. The highest BCUT2D eigenvalue weighted by atomic mass is 35.5. The summed E-state index contributed by atoms with van der Waals surface area (Å²) in [6.07, 6.45) is 1.91. The van der Waals surface area contributed by atoms with Crippen LogP contribution >= 0.6 is 11.6 Å². The molecule has 2 rings (SSSR count). The second-order valence-electron chi connectivity index (χ2n) is 3.13. The van der Waals surface area contributed by atoms with Crippen molar-refractivity contribution >= 4 is 17.5 Å². The lowest BCUT2D eigenvalue weighted by atomic mass is 10.0. The van der Waals surface area contributed by atoms with Crippen molar-refractivity contribution in [1.82, 2.24) is 5.32 Å². The number of benzene rings is 1. The number of nitrogens with one attached hydrogen (secondary N) is 1. The predicted molar refractivity (Wildman–Crippen MR) is 52.1 cm³/mol. The highest BCUT2D eigenvalue weighted by molar-refractivity contribution is 6.34. The first-order valence-corrected chi connectivity index (χ1v) is 4.72. The quantitative estimate of drug-likeness (QED) is 0.674. The lowest BCUT2D eigenvalue weighted by Crippen LogP contribution is -2.22. The zero-order valence-corrected chi connectivity index (χ0v) is 7.90. The van der Waals surface area contributed by atoms with E-state index >= 15 is 0 Å². The van der Waals surface area contributed by atoms with Gasteiger partial charge in [0.05, 0.1) is 10.6 Å². The maximum Gasteiger partial charge on any atom is 0.253 e. The summed E-state index contributed by atoms with van der Waals surface area (Å²) >= 11 is 5.95. The molecule has 1 aromatic carbocycles. The Morgan fingerprint density at radius 2 is 2.23 bits per heavy atom. The van der Waals surface area contributed by atoms with Gasteiger partial charge in [-0.05, 0) is 24.5 Å². The zero-order chi connectivity index (χ0) is 9.26. The smallest absolute Gasteiger partial charge is 0.253 e. The lowest BCUT2D eigenvalue weighted by Gasteiger charge is -2.05. The van der Waals surface area contributed by atoms with Gasteiger partial charge in [0, 0.05) is 6.54 Å². The number of carbonyl (C=O) groups excluding carboxylic acids is 1. The Hall–Kier alpha value is -1.02. The van der Waals surface area contributed by atoms with Gasteiger partial charge >= 0.3 is 0 Å². The maximum absolute atomic E-state index is 11.5. The molecule has 13 heavy (non-hydrogen) atoms. The summed E-state index contributed by atoms with van der Waals surface area (Å²) in [6.45, 7) is 0.740. The van der Waals surface area contributed by atoms with E-state index in [1.165, 1.54) is 0 Å². The topological polar surface area (TPSA) is 29.1 Å². The van der Waals surface area contributed by atoms with Crippen LogP contribution in [0.5, 0.6) is 0 Å². The van der Waals surface area contributed by atoms with Crippen LogP contribution in [0.1, 0.15) is 22.3 Å². The van der Waals surface area contributed by atoms with Gasteiger partial charge in [-0.1, -0.05) is 23.7 Å². The van der Waals surface area contributed by atoms with Gasteiger partial charge in [-0.25, -0.2) is 0 Å². The summed E-state index contributed by atoms with van der Waals surface area (Å²) in [5.74, 6) is -0.0434. The third-order valence-electron chi connectivity index (χ3n) is 2.24. The second kappa shape index (κ2) is 3.38. The molecule has 1 aromatic rings. The molecule has 0 bridgehead atoms. The largest absolute Gasteiger partial charge is 0.352 e. The van der Waals surface area contributed by atoms with Gasteiger partial charge in [-0.3, -0.25) is 4.79 Å². The average molecular weight is 196 g/mol. The number of fused-ring (bicyclic) bond motifs is 1. The van der Waals surface area contributed by atoms with Crippen molar-refractivity contribution in [3.63, 3.8) is 0 Å². The van der Waals surface area contributed by atoms with Gasteiger partial charge in [0.25, 0.3) is 5.91 Å². The molecule has 0 atom stereocenters. The Bertz CT molecular complexity index is 349. The van der Waals surface area contributed by atoms with Crippen molar-refractivity contribution in [2.45, 2.75) is 12.8 Å². The van der Waals surface area contributed by atoms with Crippen molar-refractivity contribution in [1.29, 1.82) is 0 Å². The minimum Gasteiger partial charge on any atom is -0.352 e. The van der Waals surface area contributed by atoms with Crippen molar-refractivity contribution in [2.75, 3.05) is 6.54 Å². The molecule has 1 aliphatic heterocycles. The van der Waals surface area contributed by atoms with Crippen LogP contribution < -0.4 is 5.32 Å². The van der Waals surface area contributed by atoms with Gasteiger partial charge in [0.1, 0.15) is 0 Å². The summed E-state index contributed by atoms with van der Waals surface area (Å²) in [4.78, 5) is 11.5. The van der Waals surface area contributed by atoms with E-state index in [0.29, 0.717) is 10.6 Å². The Balaban J connectivity index is 2.55. The van der Waals surface area contributed by atoms with E-state index < -0.39 is 0 Å². The minimum atomic E-state index is -0.0434. The predicted octanol–water partition coefficient (Wildman–Crippen LogP) is 2.02. The highest BCUT2D eigenvalue weighted by Crippen LogP contribution is 2.22. The second-order valence-corrected chi connectivity index (χ2v) is 3.54. The van der Waals surface area contributed by atoms with E-state index in [2.05, 4.69) is 5.32 Å². The number of amides is 1. The molecule has 0 aromatic heterocycles. The summed E-state index contributed by atoms with van der Waals surface area (Å²) in [7, 11) is 0. The van der Waals surface area contributed by atoms with Crippen LogP contribution in [0, 0.1) is 0 Å². The molecule has 2 nitrogen and oxygen atoms in total. The van der Waals surface area contributed by atoms with Crippen LogP contribution in [0.2, 0.25) is 5.02 Å². The zero-order valence-electron chi connectivity index (χ0n) is 7.14. The summed E-state index contributed by atoms with van der Waals surface area (Å²) in [5.41, 5.74) is 1.71. The molecule has 0 spiro atoms. The molecule has 1 amide bonds. The van der Waals surface area contributed by atoms with Crippen LogP contribution in [0.15, 0.2) is 18.2 Å². The summed E-state index contributed by atoms with van der Waals surface area (Å²) in [6, 6.07) is 5.61. The highest BCUT2D eigenvalue weighted by Gasteiger charge is 2.17. The maximum atomic E-state index is 11.5. The van der Waals surface area contributed by atoms with Crippen LogP contribution in [0.3, 0.4) is 0 Å². The molecule has 68 valence electrons. The van der Waals surface area contributed by atoms with E-state index in [0.717, 1.165) is 24.9 Å². The van der Waals surface area contributed by atoms with Gasteiger partial charge in [0.15, 0.2) is 0 Å². The normalized spacial score (nSPS) is 15.9. The Labute approximate surface area is 81.9 Å². The Kier molecular flexibility index (Phi) is 2.23. The lowest BCUT2D eigenvalue weighted by molar-refractivity contribution is 0.0956. The third-order valence-corrected chi connectivity index (χ3v) is 2.55. The SMILES string of the molecule is O=C1NCCCc2cccc(Cl)c21. The standard InChI is InChI=1S/C10H10ClNO/c11-8-5-1-3-7-4-2-6-12-10(13)9(7)8/h1,3,5H,2,4,6H2,(H,12,13). The molecular weight excluding hydrogens is 186 g/mol. The average Bonchev–Trinajstić information content (AvgIpc) is 2.29.